The van der Waals surface area contributed by atoms with Crippen LogP contribution in [0.2, 0.25) is 0 Å². The molecule has 0 fully saturated rings. The van der Waals surface area contributed by atoms with Gasteiger partial charge in [-0.15, -0.1) is 0 Å². The number of esters is 1. The monoisotopic (exact) mass is 811 g/mol. The summed E-state index contributed by atoms with van der Waals surface area (Å²) in [5.74, 6) is -0.474. The number of rotatable bonds is 40. The average molecular weight is 811 g/mol. The van der Waals surface area contributed by atoms with Crippen molar-refractivity contribution in [2.45, 2.75) is 174 Å². The Morgan fingerprint density at radius 2 is 1.16 bits per heavy atom. The highest BCUT2D eigenvalue weighted by Crippen LogP contribution is 2.43. The molecule has 0 spiro atoms. The summed E-state index contributed by atoms with van der Waals surface area (Å²) in [5.41, 5.74) is 0. The van der Waals surface area contributed by atoms with E-state index >= 15 is 0 Å². The molecule has 0 aromatic carbocycles. The SMILES string of the molecule is CC/C=C\C/C=C\C/C=C\C/C=C\C=C\C(O)CCCC(=O)OC(COCCCCCCCCCCCCCCCCCC)COP(=O)(O)OCC[N+](C)(C)C. The highest BCUT2D eigenvalue weighted by molar-refractivity contribution is 7.47. The van der Waals surface area contributed by atoms with Crippen LogP contribution in [0.5, 0.6) is 0 Å². The van der Waals surface area contributed by atoms with Crippen molar-refractivity contribution < 1.29 is 42.4 Å². The first-order chi connectivity index (χ1) is 27.0. The van der Waals surface area contributed by atoms with Gasteiger partial charge < -0.3 is 24.0 Å². The Morgan fingerprint density at radius 1 is 0.643 bits per heavy atom. The van der Waals surface area contributed by atoms with Crippen molar-refractivity contribution in [1.82, 2.24) is 0 Å². The number of phosphoric ester groups is 1. The van der Waals surface area contributed by atoms with Crippen LogP contribution in [0.25, 0.3) is 0 Å². The molecule has 0 aliphatic carbocycles. The fourth-order valence-electron chi connectivity index (χ4n) is 5.76. The number of hydrogen-bond acceptors (Lipinski definition) is 7. The van der Waals surface area contributed by atoms with E-state index in [1.54, 1.807) is 6.08 Å². The van der Waals surface area contributed by atoms with Crippen molar-refractivity contribution in [3.05, 3.63) is 60.8 Å². The van der Waals surface area contributed by atoms with Crippen molar-refractivity contribution in [2.75, 3.05) is 54.1 Å². The molecule has 0 radical (unpaired) electrons. The fourth-order valence-corrected chi connectivity index (χ4v) is 6.50. The number of quaternary nitrogens is 1. The number of aliphatic hydroxyl groups is 1. The number of unbranched alkanes of at least 4 members (excludes halogenated alkanes) is 15. The van der Waals surface area contributed by atoms with E-state index in [0.717, 1.165) is 38.5 Å². The molecule has 0 aliphatic rings. The number of ether oxygens (including phenoxy) is 2. The number of allylic oxidation sites excluding steroid dienone is 9. The van der Waals surface area contributed by atoms with Crippen LogP contribution >= 0.6 is 7.82 Å². The van der Waals surface area contributed by atoms with Crippen molar-refractivity contribution in [1.29, 1.82) is 0 Å². The number of carbonyl (C=O) groups is 1. The summed E-state index contributed by atoms with van der Waals surface area (Å²) in [6.45, 7) is 5.24. The largest absolute Gasteiger partial charge is 0.472 e. The minimum Gasteiger partial charge on any atom is -0.457 e. The maximum Gasteiger partial charge on any atom is 0.472 e. The predicted molar refractivity (Wildman–Crippen MR) is 235 cm³/mol. The number of hydrogen-bond donors (Lipinski definition) is 2. The zero-order chi connectivity index (χ0) is 41.4. The van der Waals surface area contributed by atoms with Gasteiger partial charge in [0, 0.05) is 13.0 Å². The van der Waals surface area contributed by atoms with Crippen LogP contribution < -0.4 is 0 Å². The molecule has 0 saturated heterocycles. The summed E-state index contributed by atoms with van der Waals surface area (Å²) in [7, 11) is 1.54. The zero-order valence-electron chi connectivity index (χ0n) is 36.5. The molecule has 0 saturated carbocycles. The van der Waals surface area contributed by atoms with Gasteiger partial charge in [0.05, 0.1) is 40.5 Å². The highest BCUT2D eigenvalue weighted by Gasteiger charge is 2.26. The molecular weight excluding hydrogens is 725 g/mol. The van der Waals surface area contributed by atoms with E-state index in [1.165, 1.54) is 89.9 Å². The number of phosphoric acid groups is 1. The second-order valence-electron chi connectivity index (χ2n) is 15.9. The summed E-state index contributed by atoms with van der Waals surface area (Å²) in [6, 6.07) is 0. The van der Waals surface area contributed by atoms with Gasteiger partial charge in [0.25, 0.3) is 0 Å². The van der Waals surface area contributed by atoms with Crippen LogP contribution in [-0.2, 0) is 27.9 Å². The first-order valence-corrected chi connectivity index (χ1v) is 23.6. The molecule has 10 heteroatoms. The Hall–Kier alpha value is -1.84. The van der Waals surface area contributed by atoms with Crippen molar-refractivity contribution in [2.24, 2.45) is 0 Å². The summed E-state index contributed by atoms with van der Waals surface area (Å²) in [5, 5.41) is 10.3. The Labute approximate surface area is 343 Å². The first kappa shape index (κ1) is 54.2. The van der Waals surface area contributed by atoms with Gasteiger partial charge in [0.1, 0.15) is 19.3 Å². The molecule has 0 rings (SSSR count). The third kappa shape index (κ3) is 41.8. The van der Waals surface area contributed by atoms with Crippen LogP contribution in [0.1, 0.15) is 162 Å². The molecule has 9 nitrogen and oxygen atoms in total. The molecule has 0 heterocycles. The Balaban J connectivity index is 4.43. The van der Waals surface area contributed by atoms with E-state index in [9.17, 15) is 19.4 Å². The molecule has 0 aromatic heterocycles. The van der Waals surface area contributed by atoms with Crippen molar-refractivity contribution in [3.8, 4) is 0 Å². The second-order valence-corrected chi connectivity index (χ2v) is 17.4. The van der Waals surface area contributed by atoms with Crippen LogP contribution in [0.4, 0.5) is 0 Å². The number of nitrogens with zero attached hydrogens (tertiary/aromatic N) is 1. The third-order valence-corrected chi connectivity index (χ3v) is 10.2. The van der Waals surface area contributed by atoms with Gasteiger partial charge in [-0.2, -0.15) is 0 Å². The number of carbonyl (C=O) groups excluding carboxylic acids is 1. The average Bonchev–Trinajstić information content (AvgIpc) is 3.14. The molecular formula is C46H85NO8P+. The van der Waals surface area contributed by atoms with Crippen molar-refractivity contribution >= 4 is 13.8 Å². The third-order valence-electron chi connectivity index (χ3n) is 9.20. The highest BCUT2D eigenvalue weighted by atomic mass is 31.2. The molecule has 3 atom stereocenters. The van der Waals surface area contributed by atoms with E-state index in [1.807, 2.05) is 39.4 Å². The molecule has 0 aromatic rings. The van der Waals surface area contributed by atoms with Gasteiger partial charge in [0.2, 0.25) is 0 Å². The van der Waals surface area contributed by atoms with E-state index in [-0.39, 0.29) is 26.2 Å². The normalized spacial score (nSPS) is 14.9. The van der Waals surface area contributed by atoms with Gasteiger partial charge in [0.15, 0.2) is 0 Å². The Bertz CT molecular complexity index is 1100. The lowest BCUT2D eigenvalue weighted by atomic mass is 10.0. The van der Waals surface area contributed by atoms with Crippen LogP contribution in [0.3, 0.4) is 0 Å². The zero-order valence-corrected chi connectivity index (χ0v) is 37.4. The lowest BCUT2D eigenvalue weighted by molar-refractivity contribution is -0.870. The molecule has 2 N–H and O–H groups in total. The van der Waals surface area contributed by atoms with Crippen LogP contribution in [0.15, 0.2) is 60.8 Å². The lowest BCUT2D eigenvalue weighted by Crippen LogP contribution is -2.37. The summed E-state index contributed by atoms with van der Waals surface area (Å²) in [6.07, 6.45) is 44.3. The minimum atomic E-state index is -4.33. The van der Waals surface area contributed by atoms with Gasteiger partial charge in [-0.1, -0.05) is 171 Å². The van der Waals surface area contributed by atoms with Gasteiger partial charge in [-0.05, 0) is 44.9 Å². The fraction of sp³-hybridized carbons (Fsp3) is 0.761. The molecule has 326 valence electrons. The molecule has 0 bridgehead atoms. The van der Waals surface area contributed by atoms with Gasteiger partial charge >= 0.3 is 13.8 Å². The van der Waals surface area contributed by atoms with E-state index in [0.29, 0.717) is 30.5 Å². The molecule has 56 heavy (non-hydrogen) atoms. The van der Waals surface area contributed by atoms with Gasteiger partial charge in [-0.25, -0.2) is 4.57 Å². The van der Waals surface area contributed by atoms with E-state index in [2.05, 4.69) is 50.3 Å². The summed E-state index contributed by atoms with van der Waals surface area (Å²) in [4.78, 5) is 22.9. The standard InChI is InChI=1S/C46H84NO8P/c1-6-8-10-12-14-16-18-20-21-22-24-26-28-30-32-34-40-52-42-45(43-54-56(50,51)53-41-39-47(3,4)5)55-46(49)38-35-37-44(48)36-33-31-29-27-25-23-19-17-15-13-11-9-7-2/h9,11,15,17,23,25,29,31,33,36,44-45,48H,6-8,10,12-14,16,18-22,24,26-28,30,32,34-35,37-43H2,1-5H3/p+1/b11-9-,17-15-,25-23-,31-29-,36-33+. The van der Waals surface area contributed by atoms with Crippen LogP contribution in [-0.4, -0.2) is 86.8 Å². The second kappa shape index (κ2) is 38.7. The summed E-state index contributed by atoms with van der Waals surface area (Å²) < 4.78 is 34.8. The minimum absolute atomic E-state index is 0.0521. The quantitative estimate of drug-likeness (QED) is 0.0157. The topological polar surface area (TPSA) is 112 Å². The van der Waals surface area contributed by atoms with Crippen LogP contribution in [0, 0.1) is 0 Å². The lowest BCUT2D eigenvalue weighted by Gasteiger charge is -2.24. The number of likely N-dealkylation sites (N-methyl/N-ethyl adjacent to an activating group) is 1. The maximum absolute atomic E-state index is 12.7. The van der Waals surface area contributed by atoms with Gasteiger partial charge in [-0.3, -0.25) is 13.8 Å². The predicted octanol–water partition coefficient (Wildman–Crippen LogP) is 11.9. The maximum atomic E-state index is 12.7. The summed E-state index contributed by atoms with van der Waals surface area (Å²) >= 11 is 0. The van der Waals surface area contributed by atoms with E-state index in [4.69, 9.17) is 18.5 Å². The molecule has 0 aliphatic heterocycles. The number of aliphatic hydroxyl groups excluding tert-OH is 1. The molecule has 0 amide bonds. The first-order valence-electron chi connectivity index (χ1n) is 22.1. The van der Waals surface area contributed by atoms with Crippen molar-refractivity contribution in [3.63, 3.8) is 0 Å². The Kier molecular flexibility index (Phi) is 37.4. The smallest absolute Gasteiger partial charge is 0.457 e. The molecule has 3 unspecified atom stereocenters. The Morgan fingerprint density at radius 3 is 1.70 bits per heavy atom. The van der Waals surface area contributed by atoms with E-state index < -0.39 is 26.0 Å².